The molecule has 2 heterocycles. The van der Waals surface area contributed by atoms with Crippen molar-refractivity contribution >= 4 is 11.9 Å². The highest BCUT2D eigenvalue weighted by Gasteiger charge is 2.31. The van der Waals surface area contributed by atoms with E-state index in [-0.39, 0.29) is 16.8 Å². The van der Waals surface area contributed by atoms with Crippen LogP contribution >= 0.6 is 0 Å². The van der Waals surface area contributed by atoms with Gasteiger partial charge in [-0.25, -0.2) is 9.69 Å². The standard InChI is InChI=1S/C20H15F3N4O/c21-20(22,23)15-6-4-5-14(13-15)17-9-10-19(28)27(25-17)18-11-12-24-26(18)16-7-2-1-3-8-16/h1-10,12-13,18H,11H2. The Morgan fingerprint density at radius 2 is 1.75 bits per heavy atom. The maximum absolute atomic E-state index is 13.0. The Morgan fingerprint density at radius 3 is 2.50 bits per heavy atom. The molecule has 28 heavy (non-hydrogen) atoms. The van der Waals surface area contributed by atoms with Gasteiger partial charge in [0.15, 0.2) is 6.17 Å². The first kappa shape index (κ1) is 18.0. The summed E-state index contributed by atoms with van der Waals surface area (Å²) in [5, 5.41) is 10.3. The zero-order valence-electron chi connectivity index (χ0n) is 14.5. The Kier molecular flexibility index (Phi) is 4.46. The van der Waals surface area contributed by atoms with Crippen molar-refractivity contribution in [2.24, 2.45) is 5.10 Å². The molecular weight excluding hydrogens is 369 g/mol. The van der Waals surface area contributed by atoms with Crippen molar-refractivity contribution in [3.05, 3.63) is 82.6 Å². The molecule has 0 saturated carbocycles. The summed E-state index contributed by atoms with van der Waals surface area (Å²) in [7, 11) is 0. The Hall–Kier alpha value is -3.42. The van der Waals surface area contributed by atoms with Gasteiger partial charge in [-0.05, 0) is 30.3 Å². The van der Waals surface area contributed by atoms with E-state index >= 15 is 0 Å². The number of hydrogen-bond acceptors (Lipinski definition) is 4. The molecule has 1 aliphatic rings. The van der Waals surface area contributed by atoms with Crippen molar-refractivity contribution in [2.45, 2.75) is 18.8 Å². The summed E-state index contributed by atoms with van der Waals surface area (Å²) in [5.74, 6) is 0. The summed E-state index contributed by atoms with van der Waals surface area (Å²) in [4.78, 5) is 12.4. The van der Waals surface area contributed by atoms with Gasteiger partial charge < -0.3 is 0 Å². The van der Waals surface area contributed by atoms with Crippen molar-refractivity contribution in [2.75, 3.05) is 5.01 Å². The van der Waals surface area contributed by atoms with E-state index < -0.39 is 17.9 Å². The summed E-state index contributed by atoms with van der Waals surface area (Å²) in [6.45, 7) is 0. The van der Waals surface area contributed by atoms with Gasteiger partial charge in [-0.1, -0.05) is 30.3 Å². The average molecular weight is 384 g/mol. The predicted octanol–water partition coefficient (Wildman–Crippen LogP) is 4.32. The van der Waals surface area contributed by atoms with Crippen LogP contribution in [0.15, 0.2) is 76.6 Å². The normalized spacial score (nSPS) is 16.5. The molecule has 0 bridgehead atoms. The monoisotopic (exact) mass is 384 g/mol. The lowest BCUT2D eigenvalue weighted by atomic mass is 10.1. The highest BCUT2D eigenvalue weighted by Crippen LogP contribution is 2.32. The SMILES string of the molecule is O=c1ccc(-c2cccc(C(F)(F)F)c2)nn1C1CC=NN1c1ccccc1. The van der Waals surface area contributed by atoms with E-state index in [0.717, 1.165) is 17.8 Å². The van der Waals surface area contributed by atoms with Crippen molar-refractivity contribution in [3.8, 4) is 11.3 Å². The van der Waals surface area contributed by atoms with Crippen molar-refractivity contribution in [3.63, 3.8) is 0 Å². The summed E-state index contributed by atoms with van der Waals surface area (Å²) in [5.41, 5.74) is 0.241. The molecule has 0 spiro atoms. The number of nitrogens with zero attached hydrogens (tertiary/aromatic N) is 4. The molecule has 5 nitrogen and oxygen atoms in total. The Morgan fingerprint density at radius 1 is 0.964 bits per heavy atom. The van der Waals surface area contributed by atoms with Gasteiger partial charge >= 0.3 is 6.18 Å². The molecule has 142 valence electrons. The number of hydrogen-bond donors (Lipinski definition) is 0. The van der Waals surface area contributed by atoms with Crippen LogP contribution in [0.5, 0.6) is 0 Å². The van der Waals surface area contributed by atoms with Crippen LogP contribution in [0.3, 0.4) is 0 Å². The minimum atomic E-state index is -4.45. The number of rotatable bonds is 3. The van der Waals surface area contributed by atoms with Crippen LogP contribution in [-0.4, -0.2) is 16.0 Å². The van der Waals surface area contributed by atoms with Crippen molar-refractivity contribution < 1.29 is 13.2 Å². The Labute approximate surface area is 158 Å². The van der Waals surface area contributed by atoms with E-state index in [4.69, 9.17) is 0 Å². The van der Waals surface area contributed by atoms with E-state index in [1.165, 1.54) is 28.9 Å². The van der Waals surface area contributed by atoms with Crippen LogP contribution in [0.4, 0.5) is 18.9 Å². The summed E-state index contributed by atoms with van der Waals surface area (Å²) >= 11 is 0. The molecule has 3 aromatic rings. The number of hydrazone groups is 1. The molecule has 0 amide bonds. The van der Waals surface area contributed by atoms with E-state index in [2.05, 4.69) is 10.2 Å². The third-order valence-electron chi connectivity index (χ3n) is 4.42. The first-order chi connectivity index (χ1) is 13.4. The van der Waals surface area contributed by atoms with Crippen LogP contribution in [0.2, 0.25) is 0 Å². The fraction of sp³-hybridized carbons (Fsp3) is 0.150. The predicted molar refractivity (Wildman–Crippen MR) is 100 cm³/mol. The molecule has 1 aliphatic heterocycles. The third-order valence-corrected chi connectivity index (χ3v) is 4.42. The molecule has 0 fully saturated rings. The van der Waals surface area contributed by atoms with Gasteiger partial charge in [0.05, 0.1) is 16.9 Å². The maximum atomic E-state index is 13.0. The number of anilines is 1. The van der Waals surface area contributed by atoms with Gasteiger partial charge in [-0.15, -0.1) is 0 Å². The quantitative estimate of drug-likeness (QED) is 0.676. The van der Waals surface area contributed by atoms with Crippen LogP contribution in [0, 0.1) is 0 Å². The Bertz CT molecular complexity index is 1080. The van der Waals surface area contributed by atoms with Crippen LogP contribution in [-0.2, 0) is 6.18 Å². The maximum Gasteiger partial charge on any atom is 0.416 e. The van der Waals surface area contributed by atoms with E-state index in [9.17, 15) is 18.0 Å². The second kappa shape index (κ2) is 6.95. The highest BCUT2D eigenvalue weighted by atomic mass is 19.4. The molecule has 0 saturated heterocycles. The fourth-order valence-corrected chi connectivity index (χ4v) is 3.08. The van der Waals surface area contributed by atoms with Gasteiger partial charge in [0.1, 0.15) is 0 Å². The molecule has 1 aromatic heterocycles. The molecule has 4 rings (SSSR count). The lowest BCUT2D eigenvalue weighted by Crippen LogP contribution is -2.34. The first-order valence-electron chi connectivity index (χ1n) is 8.58. The van der Waals surface area contributed by atoms with Gasteiger partial charge in [-0.3, -0.25) is 4.79 Å². The molecular formula is C20H15F3N4O. The molecule has 0 N–H and O–H groups in total. The Balaban J connectivity index is 1.74. The zero-order valence-corrected chi connectivity index (χ0v) is 14.5. The van der Waals surface area contributed by atoms with Gasteiger partial charge in [0.25, 0.3) is 5.56 Å². The molecule has 0 aliphatic carbocycles. The molecule has 0 radical (unpaired) electrons. The minimum absolute atomic E-state index is 0.283. The molecule has 1 unspecified atom stereocenters. The molecule has 1 atom stereocenters. The third kappa shape index (κ3) is 3.40. The van der Waals surface area contributed by atoms with Crippen molar-refractivity contribution in [1.29, 1.82) is 0 Å². The lowest BCUT2D eigenvalue weighted by Gasteiger charge is -2.24. The summed E-state index contributed by atoms with van der Waals surface area (Å²) < 4.78 is 40.3. The number of para-hydroxylation sites is 1. The van der Waals surface area contributed by atoms with Crippen LogP contribution < -0.4 is 10.6 Å². The summed E-state index contributed by atoms with van der Waals surface area (Å²) in [6, 6.07) is 16.9. The minimum Gasteiger partial charge on any atom is -0.268 e. The lowest BCUT2D eigenvalue weighted by molar-refractivity contribution is -0.137. The zero-order chi connectivity index (χ0) is 19.7. The van der Waals surface area contributed by atoms with Gasteiger partial charge in [-0.2, -0.15) is 23.4 Å². The van der Waals surface area contributed by atoms with Crippen LogP contribution in [0.1, 0.15) is 18.2 Å². The number of benzene rings is 2. The second-order valence-corrected chi connectivity index (χ2v) is 6.27. The van der Waals surface area contributed by atoms with Gasteiger partial charge in [0, 0.05) is 24.3 Å². The summed E-state index contributed by atoms with van der Waals surface area (Å²) in [6.07, 6.45) is -2.80. The van der Waals surface area contributed by atoms with Crippen molar-refractivity contribution in [1.82, 2.24) is 9.78 Å². The highest BCUT2D eigenvalue weighted by molar-refractivity contribution is 5.66. The average Bonchev–Trinajstić information content (AvgIpc) is 3.18. The van der Waals surface area contributed by atoms with E-state index in [1.54, 1.807) is 11.2 Å². The van der Waals surface area contributed by atoms with E-state index in [1.807, 2.05) is 30.3 Å². The molecule has 8 heteroatoms. The number of alkyl halides is 3. The topological polar surface area (TPSA) is 50.5 Å². The number of aromatic nitrogens is 2. The largest absolute Gasteiger partial charge is 0.416 e. The van der Waals surface area contributed by atoms with Crippen LogP contribution in [0.25, 0.3) is 11.3 Å². The molecule has 2 aromatic carbocycles. The number of halogens is 3. The van der Waals surface area contributed by atoms with Gasteiger partial charge in [0.2, 0.25) is 0 Å². The van der Waals surface area contributed by atoms with E-state index in [0.29, 0.717) is 6.42 Å². The second-order valence-electron chi connectivity index (χ2n) is 6.27. The smallest absolute Gasteiger partial charge is 0.268 e. The first-order valence-corrected chi connectivity index (χ1v) is 8.58. The fourth-order valence-electron chi connectivity index (χ4n) is 3.08.